The van der Waals surface area contributed by atoms with Crippen LogP contribution < -0.4 is 5.32 Å². The number of H-pyrrole nitrogens is 2. The summed E-state index contributed by atoms with van der Waals surface area (Å²) in [5.41, 5.74) is 2.27. The van der Waals surface area contributed by atoms with Gasteiger partial charge in [0.1, 0.15) is 11.5 Å². The van der Waals surface area contributed by atoms with Crippen LogP contribution in [0.25, 0.3) is 11.0 Å². The number of aromatic amines is 2. The van der Waals surface area contributed by atoms with Crippen molar-refractivity contribution in [3.63, 3.8) is 0 Å². The van der Waals surface area contributed by atoms with Gasteiger partial charge in [-0.15, -0.1) is 0 Å². The van der Waals surface area contributed by atoms with E-state index in [9.17, 15) is 4.79 Å². The predicted octanol–water partition coefficient (Wildman–Crippen LogP) is 2.47. The number of amides is 1. The zero-order valence-corrected chi connectivity index (χ0v) is 10.7. The molecule has 0 saturated carbocycles. The third-order valence-corrected chi connectivity index (χ3v) is 2.97. The van der Waals surface area contributed by atoms with Crippen molar-refractivity contribution in [3.8, 4) is 0 Å². The van der Waals surface area contributed by atoms with Gasteiger partial charge in [0.2, 0.25) is 0 Å². The molecule has 0 radical (unpaired) electrons. The standard InChI is InChI=1S/C13H11ClN4O/c14-8-5-11(15-6-8)13(19)16-7-12-17-9-3-1-2-4-10(9)18-12/h1-6,15H,7H2,(H,16,19)(H,17,18). The average Bonchev–Trinajstić information content (AvgIpc) is 3.01. The quantitative estimate of drug-likeness (QED) is 0.686. The smallest absolute Gasteiger partial charge is 0.268 e. The molecule has 1 aromatic carbocycles. The molecule has 0 spiro atoms. The first kappa shape index (κ1) is 11.8. The van der Waals surface area contributed by atoms with Crippen LogP contribution in [0.15, 0.2) is 36.5 Å². The summed E-state index contributed by atoms with van der Waals surface area (Å²) in [5.74, 6) is 0.500. The normalized spacial score (nSPS) is 10.8. The van der Waals surface area contributed by atoms with Crippen molar-refractivity contribution >= 4 is 28.5 Å². The van der Waals surface area contributed by atoms with E-state index in [1.54, 1.807) is 12.3 Å². The van der Waals surface area contributed by atoms with Crippen molar-refractivity contribution in [2.45, 2.75) is 6.54 Å². The van der Waals surface area contributed by atoms with Gasteiger partial charge in [0.25, 0.3) is 5.91 Å². The molecule has 6 heteroatoms. The van der Waals surface area contributed by atoms with Crippen LogP contribution in [0.5, 0.6) is 0 Å². The van der Waals surface area contributed by atoms with Crippen molar-refractivity contribution in [2.24, 2.45) is 0 Å². The molecule has 0 atom stereocenters. The van der Waals surface area contributed by atoms with Crippen LogP contribution >= 0.6 is 11.6 Å². The second-order valence-electron chi connectivity index (χ2n) is 4.11. The van der Waals surface area contributed by atoms with Gasteiger partial charge in [-0.3, -0.25) is 4.79 Å². The van der Waals surface area contributed by atoms with Crippen LogP contribution in [-0.4, -0.2) is 20.9 Å². The van der Waals surface area contributed by atoms with Gasteiger partial charge in [0, 0.05) is 6.20 Å². The highest BCUT2D eigenvalue weighted by Crippen LogP contribution is 2.11. The van der Waals surface area contributed by atoms with Gasteiger partial charge >= 0.3 is 0 Å². The largest absolute Gasteiger partial charge is 0.356 e. The number of benzene rings is 1. The maximum absolute atomic E-state index is 11.8. The molecule has 2 aromatic heterocycles. The molecule has 0 fully saturated rings. The Morgan fingerprint density at radius 1 is 1.37 bits per heavy atom. The first-order valence-electron chi connectivity index (χ1n) is 5.78. The van der Waals surface area contributed by atoms with E-state index in [-0.39, 0.29) is 5.91 Å². The first-order valence-corrected chi connectivity index (χ1v) is 6.16. The third-order valence-electron chi connectivity index (χ3n) is 2.75. The number of imidazole rings is 1. The fraction of sp³-hybridized carbons (Fsp3) is 0.0769. The SMILES string of the molecule is O=C(NCc1nc2ccccc2[nH]1)c1cc(Cl)c[nH]1. The molecule has 3 rings (SSSR count). The molecular formula is C13H11ClN4O. The Labute approximate surface area is 114 Å². The number of aromatic nitrogens is 3. The fourth-order valence-corrected chi connectivity index (χ4v) is 2.01. The summed E-state index contributed by atoms with van der Waals surface area (Å²) in [7, 11) is 0. The fourth-order valence-electron chi connectivity index (χ4n) is 1.85. The summed E-state index contributed by atoms with van der Waals surface area (Å²) in [4.78, 5) is 22.1. The molecule has 0 bridgehead atoms. The number of rotatable bonds is 3. The van der Waals surface area contributed by atoms with E-state index in [2.05, 4.69) is 20.3 Å². The minimum atomic E-state index is -0.215. The van der Waals surface area contributed by atoms with Crippen LogP contribution in [0.3, 0.4) is 0 Å². The van der Waals surface area contributed by atoms with Crippen molar-refractivity contribution in [2.75, 3.05) is 0 Å². The molecule has 1 amide bonds. The molecule has 0 saturated heterocycles. The molecule has 3 N–H and O–H groups in total. The number of fused-ring (bicyclic) bond motifs is 1. The Morgan fingerprint density at radius 3 is 2.95 bits per heavy atom. The van der Waals surface area contributed by atoms with Crippen molar-refractivity contribution in [1.82, 2.24) is 20.3 Å². The summed E-state index contributed by atoms with van der Waals surface area (Å²) in [6.45, 7) is 0.337. The lowest BCUT2D eigenvalue weighted by Crippen LogP contribution is -2.23. The number of carbonyl (C=O) groups is 1. The van der Waals surface area contributed by atoms with E-state index in [1.165, 1.54) is 0 Å². The highest BCUT2D eigenvalue weighted by molar-refractivity contribution is 6.30. The maximum atomic E-state index is 11.8. The summed E-state index contributed by atoms with van der Waals surface area (Å²) in [5, 5.41) is 3.28. The topological polar surface area (TPSA) is 73.6 Å². The lowest BCUT2D eigenvalue weighted by molar-refractivity contribution is 0.0945. The second kappa shape index (κ2) is 4.78. The summed E-state index contributed by atoms with van der Waals surface area (Å²) >= 11 is 5.75. The van der Waals surface area contributed by atoms with Gasteiger partial charge < -0.3 is 15.3 Å². The van der Waals surface area contributed by atoms with E-state index in [0.717, 1.165) is 11.0 Å². The molecule has 2 heterocycles. The van der Waals surface area contributed by atoms with Crippen LogP contribution in [-0.2, 0) is 6.54 Å². The number of hydrogen-bond donors (Lipinski definition) is 3. The molecule has 0 aliphatic heterocycles. The monoisotopic (exact) mass is 274 g/mol. The van der Waals surface area contributed by atoms with E-state index in [4.69, 9.17) is 11.6 Å². The van der Waals surface area contributed by atoms with E-state index in [1.807, 2.05) is 24.3 Å². The number of carbonyl (C=O) groups excluding carboxylic acids is 1. The molecular weight excluding hydrogens is 264 g/mol. The Kier molecular flexibility index (Phi) is 2.97. The number of halogens is 1. The number of para-hydroxylation sites is 2. The van der Waals surface area contributed by atoms with Crippen LogP contribution in [0.4, 0.5) is 0 Å². The summed E-state index contributed by atoms with van der Waals surface area (Å²) in [6.07, 6.45) is 1.57. The van der Waals surface area contributed by atoms with Crippen LogP contribution in [0.2, 0.25) is 5.02 Å². The molecule has 3 aromatic rings. The molecule has 0 aliphatic carbocycles. The van der Waals surface area contributed by atoms with Crippen LogP contribution in [0, 0.1) is 0 Å². The lowest BCUT2D eigenvalue weighted by Gasteiger charge is -2.00. The highest BCUT2D eigenvalue weighted by atomic mass is 35.5. The molecule has 0 aliphatic rings. The number of nitrogens with one attached hydrogen (secondary N) is 3. The second-order valence-corrected chi connectivity index (χ2v) is 4.55. The van der Waals surface area contributed by atoms with E-state index < -0.39 is 0 Å². The predicted molar refractivity (Wildman–Crippen MR) is 73.1 cm³/mol. The van der Waals surface area contributed by atoms with Gasteiger partial charge in [-0.2, -0.15) is 0 Å². The van der Waals surface area contributed by atoms with Crippen molar-refractivity contribution in [3.05, 3.63) is 53.1 Å². The zero-order chi connectivity index (χ0) is 13.2. The highest BCUT2D eigenvalue weighted by Gasteiger charge is 2.09. The summed E-state index contributed by atoms with van der Waals surface area (Å²) < 4.78 is 0. The van der Waals surface area contributed by atoms with Crippen LogP contribution in [0.1, 0.15) is 16.3 Å². The number of nitrogens with zero attached hydrogens (tertiary/aromatic N) is 1. The molecule has 0 unspecified atom stereocenters. The Hall–Kier alpha value is -2.27. The van der Waals surface area contributed by atoms with Gasteiger partial charge in [-0.05, 0) is 18.2 Å². The Balaban J connectivity index is 1.70. The Bertz CT molecular complexity index is 698. The summed E-state index contributed by atoms with van der Waals surface area (Å²) in [6, 6.07) is 9.30. The minimum absolute atomic E-state index is 0.215. The number of hydrogen-bond acceptors (Lipinski definition) is 2. The van der Waals surface area contributed by atoms with Crippen molar-refractivity contribution < 1.29 is 4.79 Å². The third kappa shape index (κ3) is 2.46. The van der Waals surface area contributed by atoms with Gasteiger partial charge in [0.05, 0.1) is 22.6 Å². The molecule has 5 nitrogen and oxygen atoms in total. The van der Waals surface area contributed by atoms with Crippen molar-refractivity contribution in [1.29, 1.82) is 0 Å². The zero-order valence-electron chi connectivity index (χ0n) is 9.90. The lowest BCUT2D eigenvalue weighted by atomic mass is 10.3. The molecule has 19 heavy (non-hydrogen) atoms. The first-order chi connectivity index (χ1) is 9.22. The average molecular weight is 275 g/mol. The van der Waals surface area contributed by atoms with E-state index >= 15 is 0 Å². The maximum Gasteiger partial charge on any atom is 0.268 e. The Morgan fingerprint density at radius 2 is 2.21 bits per heavy atom. The van der Waals surface area contributed by atoms with E-state index in [0.29, 0.717) is 23.1 Å². The van der Waals surface area contributed by atoms with Gasteiger partial charge in [-0.25, -0.2) is 4.98 Å². The minimum Gasteiger partial charge on any atom is -0.356 e. The molecule has 96 valence electrons. The van der Waals surface area contributed by atoms with Gasteiger partial charge in [0.15, 0.2) is 0 Å². The van der Waals surface area contributed by atoms with Gasteiger partial charge in [-0.1, -0.05) is 23.7 Å².